The monoisotopic (exact) mass is 458 g/mol. The molecule has 0 radical (unpaired) electrons. The molecule has 180 valence electrons. The summed E-state index contributed by atoms with van der Waals surface area (Å²) in [7, 11) is 0. The third kappa shape index (κ3) is 6.65. The van der Waals surface area contributed by atoms with E-state index in [1.165, 1.54) is 65.9 Å². The Morgan fingerprint density at radius 3 is 2.09 bits per heavy atom. The molecule has 3 rings (SSSR count). The molecule has 1 aliphatic rings. The van der Waals surface area contributed by atoms with Gasteiger partial charge in [-0.3, -0.25) is 0 Å². The zero-order chi connectivity index (χ0) is 23.9. The van der Waals surface area contributed by atoms with Crippen molar-refractivity contribution >= 4 is 11.3 Å². The molecule has 2 aromatic rings. The maximum Gasteiger partial charge on any atom is 0.0963 e. The molecule has 1 aliphatic carbocycles. The molecular weight excluding hydrogens is 412 g/mol. The summed E-state index contributed by atoms with van der Waals surface area (Å²) in [6.07, 6.45) is 8.37. The van der Waals surface area contributed by atoms with E-state index >= 15 is 0 Å². The van der Waals surface area contributed by atoms with E-state index in [1.807, 2.05) is 18.3 Å². The van der Waals surface area contributed by atoms with E-state index in [0.29, 0.717) is 5.92 Å². The zero-order valence-electron chi connectivity index (χ0n) is 21.5. The highest BCUT2D eigenvalue weighted by molar-refractivity contribution is 7.10. The van der Waals surface area contributed by atoms with E-state index in [4.69, 9.17) is 15.8 Å². The molecular formula is C28H46N2OS. The van der Waals surface area contributed by atoms with Crippen LogP contribution >= 0.6 is 11.3 Å². The Labute approximate surface area is 200 Å². The van der Waals surface area contributed by atoms with Gasteiger partial charge in [0.25, 0.3) is 0 Å². The predicted octanol–water partition coefficient (Wildman–Crippen LogP) is 7.56. The first-order valence-electron chi connectivity index (χ1n) is 12.6. The standard InChI is InChI=1S/C24H35NS.C4H11NO/c1-7-9-17(10-8-2)22-25-21(16-26-22)18-11-12-19-20(15-18)24(5,6)14-13-23(19,3)4;1-2-4(5)3-6/h11-12,15-17H,7-10,13-14H2,1-6H3;4,6H,2-3,5H2,1H3/t;4-/m.1/s1. The van der Waals surface area contributed by atoms with Gasteiger partial charge in [0.15, 0.2) is 0 Å². The van der Waals surface area contributed by atoms with Crippen LogP contribution in [-0.2, 0) is 10.8 Å². The van der Waals surface area contributed by atoms with Gasteiger partial charge < -0.3 is 10.8 Å². The first kappa shape index (κ1) is 27.0. The topological polar surface area (TPSA) is 59.1 Å². The molecule has 0 unspecified atom stereocenters. The zero-order valence-corrected chi connectivity index (χ0v) is 22.3. The summed E-state index contributed by atoms with van der Waals surface area (Å²) in [5, 5.41) is 11.8. The van der Waals surface area contributed by atoms with Gasteiger partial charge in [0.2, 0.25) is 0 Å². The average molecular weight is 459 g/mol. The molecule has 1 atom stereocenters. The Hall–Kier alpha value is -1.23. The Morgan fingerprint density at radius 2 is 1.59 bits per heavy atom. The van der Waals surface area contributed by atoms with Crippen molar-refractivity contribution in [1.29, 1.82) is 0 Å². The van der Waals surface area contributed by atoms with Crippen molar-refractivity contribution in [2.75, 3.05) is 6.61 Å². The van der Waals surface area contributed by atoms with Gasteiger partial charge in [-0.15, -0.1) is 11.3 Å². The highest BCUT2D eigenvalue weighted by atomic mass is 32.1. The maximum atomic E-state index is 8.21. The first-order chi connectivity index (χ1) is 15.1. The number of aliphatic hydroxyl groups excluding tert-OH is 1. The van der Waals surface area contributed by atoms with Crippen LogP contribution in [0.3, 0.4) is 0 Å². The molecule has 3 nitrogen and oxygen atoms in total. The van der Waals surface area contributed by atoms with Gasteiger partial charge in [0.1, 0.15) is 0 Å². The van der Waals surface area contributed by atoms with Crippen LogP contribution in [0.15, 0.2) is 23.6 Å². The Morgan fingerprint density at radius 1 is 1.00 bits per heavy atom. The number of nitrogens with two attached hydrogens (primary N) is 1. The lowest BCUT2D eigenvalue weighted by atomic mass is 9.63. The summed E-state index contributed by atoms with van der Waals surface area (Å²) in [6.45, 7) is 16.2. The van der Waals surface area contributed by atoms with Crippen LogP contribution in [-0.4, -0.2) is 22.7 Å². The molecule has 4 heteroatoms. The highest BCUT2D eigenvalue weighted by Crippen LogP contribution is 2.47. The number of aliphatic hydroxyl groups is 1. The van der Waals surface area contributed by atoms with Crippen LogP contribution in [0.5, 0.6) is 0 Å². The lowest BCUT2D eigenvalue weighted by molar-refractivity contribution is 0.263. The summed E-state index contributed by atoms with van der Waals surface area (Å²) in [5.74, 6) is 0.636. The van der Waals surface area contributed by atoms with Gasteiger partial charge in [-0.2, -0.15) is 0 Å². The fourth-order valence-electron chi connectivity index (χ4n) is 4.57. The fraction of sp³-hybridized carbons (Fsp3) is 0.679. The molecule has 32 heavy (non-hydrogen) atoms. The third-order valence-electron chi connectivity index (χ3n) is 7.05. The van der Waals surface area contributed by atoms with Crippen LogP contribution in [0.25, 0.3) is 11.3 Å². The van der Waals surface area contributed by atoms with Gasteiger partial charge >= 0.3 is 0 Å². The van der Waals surface area contributed by atoms with Crippen molar-refractivity contribution in [1.82, 2.24) is 4.98 Å². The Balaban J connectivity index is 0.000000534. The molecule has 0 spiro atoms. The molecule has 1 aromatic heterocycles. The van der Waals surface area contributed by atoms with E-state index in [2.05, 4.69) is 65.1 Å². The van der Waals surface area contributed by atoms with Gasteiger partial charge in [-0.05, 0) is 60.1 Å². The molecule has 0 bridgehead atoms. The maximum absolute atomic E-state index is 8.21. The van der Waals surface area contributed by atoms with Gasteiger partial charge in [0, 0.05) is 22.9 Å². The number of fused-ring (bicyclic) bond motifs is 1. The molecule has 0 aliphatic heterocycles. The van der Waals surface area contributed by atoms with E-state index < -0.39 is 0 Å². The van der Waals surface area contributed by atoms with Crippen molar-refractivity contribution in [3.8, 4) is 11.3 Å². The van der Waals surface area contributed by atoms with Crippen LogP contribution in [0.4, 0.5) is 0 Å². The lowest BCUT2D eigenvalue weighted by Gasteiger charge is -2.42. The van der Waals surface area contributed by atoms with Crippen molar-refractivity contribution in [3.05, 3.63) is 39.7 Å². The summed E-state index contributed by atoms with van der Waals surface area (Å²) in [6, 6.07) is 7.10. The van der Waals surface area contributed by atoms with E-state index in [-0.39, 0.29) is 23.5 Å². The molecule has 1 heterocycles. The summed E-state index contributed by atoms with van der Waals surface area (Å²) < 4.78 is 0. The van der Waals surface area contributed by atoms with Crippen LogP contribution in [0.2, 0.25) is 0 Å². The second-order valence-electron chi connectivity index (χ2n) is 10.7. The first-order valence-corrected chi connectivity index (χ1v) is 13.4. The molecule has 1 aromatic carbocycles. The quantitative estimate of drug-likeness (QED) is 0.429. The van der Waals surface area contributed by atoms with Crippen molar-refractivity contribution < 1.29 is 5.11 Å². The fourth-order valence-corrected chi connectivity index (χ4v) is 5.57. The number of rotatable bonds is 8. The molecule has 0 amide bonds. The van der Waals surface area contributed by atoms with E-state index in [9.17, 15) is 0 Å². The summed E-state index contributed by atoms with van der Waals surface area (Å²) >= 11 is 1.86. The minimum Gasteiger partial charge on any atom is -0.395 e. The Kier molecular flexibility index (Phi) is 9.93. The van der Waals surface area contributed by atoms with Crippen LogP contribution in [0.1, 0.15) is 115 Å². The average Bonchev–Trinajstić information content (AvgIpc) is 3.27. The molecule has 0 saturated carbocycles. The number of nitrogens with zero attached hydrogens (tertiary/aromatic N) is 1. The van der Waals surface area contributed by atoms with Gasteiger partial charge in [-0.25, -0.2) is 4.98 Å². The smallest absolute Gasteiger partial charge is 0.0963 e. The number of aromatic nitrogens is 1. The predicted molar refractivity (Wildman–Crippen MR) is 141 cm³/mol. The minimum atomic E-state index is -0.00926. The molecule has 0 saturated heterocycles. The van der Waals surface area contributed by atoms with Crippen molar-refractivity contribution in [2.24, 2.45) is 5.73 Å². The highest BCUT2D eigenvalue weighted by Gasteiger charge is 2.37. The third-order valence-corrected chi connectivity index (χ3v) is 8.06. The minimum absolute atomic E-state index is 0.00926. The number of benzene rings is 1. The van der Waals surface area contributed by atoms with Crippen LogP contribution in [0, 0.1) is 0 Å². The van der Waals surface area contributed by atoms with Crippen molar-refractivity contribution in [3.63, 3.8) is 0 Å². The largest absolute Gasteiger partial charge is 0.395 e. The number of hydrogen-bond acceptors (Lipinski definition) is 4. The normalized spacial score (nSPS) is 17.4. The van der Waals surface area contributed by atoms with Crippen molar-refractivity contribution in [2.45, 2.75) is 116 Å². The molecule has 3 N–H and O–H groups in total. The van der Waals surface area contributed by atoms with Gasteiger partial charge in [0.05, 0.1) is 17.3 Å². The second kappa shape index (κ2) is 11.8. The van der Waals surface area contributed by atoms with Crippen LogP contribution < -0.4 is 5.73 Å². The summed E-state index contributed by atoms with van der Waals surface area (Å²) in [4.78, 5) is 5.07. The second-order valence-corrected chi connectivity index (χ2v) is 11.6. The van der Waals surface area contributed by atoms with E-state index in [0.717, 1.165) is 6.42 Å². The van der Waals surface area contributed by atoms with E-state index in [1.54, 1.807) is 0 Å². The Bertz CT molecular complexity index is 830. The number of thiazole rings is 1. The number of hydrogen-bond donors (Lipinski definition) is 2. The van der Waals surface area contributed by atoms with Gasteiger partial charge in [-0.1, -0.05) is 73.4 Å². The summed E-state index contributed by atoms with van der Waals surface area (Å²) in [5.41, 5.74) is 11.3. The lowest BCUT2D eigenvalue weighted by Crippen LogP contribution is -2.33. The molecule has 0 fully saturated rings. The SMILES string of the molecule is CCCC(CCC)c1nc(-c2ccc3c(c2)C(C)(C)CCC3(C)C)cs1.CC[C@@H](N)CO.